The molecule has 0 radical (unpaired) electrons. The molecule has 0 aliphatic heterocycles. The molecule has 0 atom stereocenters. The van der Waals surface area contributed by atoms with Crippen LogP contribution >= 0.6 is 27.7 Å². The first-order valence-electron chi connectivity index (χ1n) is 5.86. The van der Waals surface area contributed by atoms with Gasteiger partial charge >= 0.3 is 0 Å². The molecule has 3 aromatic rings. The van der Waals surface area contributed by atoms with Crippen LogP contribution in [0.25, 0.3) is 10.9 Å². The number of aromatic amines is 1. The van der Waals surface area contributed by atoms with Crippen molar-refractivity contribution in [3.63, 3.8) is 0 Å². The van der Waals surface area contributed by atoms with Crippen LogP contribution in [0.1, 0.15) is 5.56 Å². The lowest BCUT2D eigenvalue weighted by molar-refractivity contribution is 0.625. The third-order valence-electron chi connectivity index (χ3n) is 2.82. The van der Waals surface area contributed by atoms with Gasteiger partial charge < -0.3 is 4.98 Å². The zero-order chi connectivity index (χ0) is 13.2. The predicted molar refractivity (Wildman–Crippen MR) is 82.0 cm³/mol. The standard InChI is InChI=1S/C15H11BrFNS/c16-12-5-10(6-13(17)8-12)9-19-15-7-11-3-1-2-4-14(11)18-15/h1-8,18H,9H2. The zero-order valence-corrected chi connectivity index (χ0v) is 12.4. The van der Waals surface area contributed by atoms with Crippen molar-refractivity contribution in [3.8, 4) is 0 Å². The van der Waals surface area contributed by atoms with E-state index in [2.05, 4.69) is 39.1 Å². The van der Waals surface area contributed by atoms with Crippen LogP contribution in [-0.2, 0) is 5.75 Å². The quantitative estimate of drug-likeness (QED) is 0.637. The minimum atomic E-state index is -0.207. The molecule has 96 valence electrons. The Labute approximate surface area is 123 Å². The Morgan fingerprint density at radius 1 is 1.11 bits per heavy atom. The van der Waals surface area contributed by atoms with Gasteiger partial charge in [0, 0.05) is 21.1 Å². The van der Waals surface area contributed by atoms with Gasteiger partial charge in [0.2, 0.25) is 0 Å². The summed E-state index contributed by atoms with van der Waals surface area (Å²) in [5, 5.41) is 2.30. The first kappa shape index (κ1) is 12.8. The van der Waals surface area contributed by atoms with Crippen molar-refractivity contribution >= 4 is 38.6 Å². The van der Waals surface area contributed by atoms with Gasteiger partial charge in [0.05, 0.1) is 5.03 Å². The van der Waals surface area contributed by atoms with E-state index >= 15 is 0 Å². The number of thioether (sulfide) groups is 1. The number of hydrogen-bond donors (Lipinski definition) is 1. The van der Waals surface area contributed by atoms with E-state index in [-0.39, 0.29) is 5.82 Å². The number of H-pyrrole nitrogens is 1. The van der Waals surface area contributed by atoms with Crippen molar-refractivity contribution in [1.29, 1.82) is 0 Å². The third-order valence-corrected chi connectivity index (χ3v) is 4.29. The number of hydrogen-bond acceptors (Lipinski definition) is 1. The van der Waals surface area contributed by atoms with Gasteiger partial charge in [-0.15, -0.1) is 11.8 Å². The molecule has 0 fully saturated rings. The van der Waals surface area contributed by atoms with Crippen molar-refractivity contribution in [1.82, 2.24) is 4.98 Å². The lowest BCUT2D eigenvalue weighted by Crippen LogP contribution is -1.84. The molecule has 19 heavy (non-hydrogen) atoms. The number of benzene rings is 2. The van der Waals surface area contributed by atoms with Gasteiger partial charge in [0.15, 0.2) is 0 Å². The van der Waals surface area contributed by atoms with Crippen LogP contribution in [0.5, 0.6) is 0 Å². The summed E-state index contributed by atoms with van der Waals surface area (Å²) in [4.78, 5) is 3.35. The minimum absolute atomic E-state index is 0.207. The molecule has 0 amide bonds. The summed E-state index contributed by atoms with van der Waals surface area (Å²) in [6.07, 6.45) is 0. The Bertz CT molecular complexity index is 670. The van der Waals surface area contributed by atoms with Crippen molar-refractivity contribution in [2.45, 2.75) is 10.8 Å². The predicted octanol–water partition coefficient (Wildman–Crippen LogP) is 5.36. The van der Waals surface area contributed by atoms with Crippen LogP contribution < -0.4 is 0 Å². The summed E-state index contributed by atoms with van der Waals surface area (Å²) >= 11 is 4.98. The van der Waals surface area contributed by atoms with Crippen LogP contribution in [-0.4, -0.2) is 4.98 Å². The molecule has 2 aromatic carbocycles. The fourth-order valence-corrected chi connectivity index (χ4v) is 3.37. The SMILES string of the molecule is Fc1cc(Br)cc(CSc2cc3ccccc3[nH]2)c1. The van der Waals surface area contributed by atoms with Gasteiger partial charge in [-0.3, -0.25) is 0 Å². The van der Waals surface area contributed by atoms with Crippen LogP contribution in [0.15, 0.2) is 58.0 Å². The number of nitrogens with one attached hydrogen (secondary N) is 1. The Balaban J connectivity index is 1.78. The Kier molecular flexibility index (Phi) is 3.62. The number of fused-ring (bicyclic) bond motifs is 1. The second kappa shape index (κ2) is 5.39. The lowest BCUT2D eigenvalue weighted by Gasteiger charge is -2.01. The highest BCUT2D eigenvalue weighted by atomic mass is 79.9. The van der Waals surface area contributed by atoms with Crippen LogP contribution in [0.3, 0.4) is 0 Å². The summed E-state index contributed by atoms with van der Waals surface area (Å²) < 4.78 is 14.1. The molecule has 0 saturated heterocycles. The molecule has 1 nitrogen and oxygen atoms in total. The normalized spacial score (nSPS) is 11.1. The van der Waals surface area contributed by atoms with Crippen molar-refractivity contribution in [3.05, 3.63) is 64.4 Å². The summed E-state index contributed by atoms with van der Waals surface area (Å²) in [6.45, 7) is 0. The topological polar surface area (TPSA) is 15.8 Å². The molecule has 1 N–H and O–H groups in total. The average molecular weight is 336 g/mol. The molecule has 0 aliphatic carbocycles. The van der Waals surface area contributed by atoms with Crippen molar-refractivity contribution < 1.29 is 4.39 Å². The maximum atomic E-state index is 13.3. The van der Waals surface area contributed by atoms with Gasteiger partial charge in [-0.25, -0.2) is 4.39 Å². The van der Waals surface area contributed by atoms with E-state index in [0.29, 0.717) is 0 Å². The van der Waals surface area contributed by atoms with E-state index in [9.17, 15) is 4.39 Å². The van der Waals surface area contributed by atoms with Gasteiger partial charge in [-0.05, 0) is 35.9 Å². The fourth-order valence-electron chi connectivity index (χ4n) is 1.98. The highest BCUT2D eigenvalue weighted by Gasteiger charge is 2.03. The second-order valence-electron chi connectivity index (χ2n) is 4.29. The van der Waals surface area contributed by atoms with Gasteiger partial charge in [0.1, 0.15) is 5.82 Å². The lowest BCUT2D eigenvalue weighted by atomic mass is 10.2. The Hall–Kier alpha value is -1.26. The maximum Gasteiger partial charge on any atom is 0.124 e. The van der Waals surface area contributed by atoms with E-state index in [1.165, 1.54) is 11.5 Å². The molecule has 1 aromatic heterocycles. The first-order chi connectivity index (χ1) is 9.20. The van der Waals surface area contributed by atoms with Gasteiger partial charge in [0.25, 0.3) is 0 Å². The maximum absolute atomic E-state index is 13.3. The van der Waals surface area contributed by atoms with E-state index in [4.69, 9.17) is 0 Å². The highest BCUT2D eigenvalue weighted by molar-refractivity contribution is 9.10. The fraction of sp³-hybridized carbons (Fsp3) is 0.0667. The van der Waals surface area contributed by atoms with E-state index in [1.54, 1.807) is 17.8 Å². The molecule has 4 heteroatoms. The number of rotatable bonds is 3. The Morgan fingerprint density at radius 3 is 2.74 bits per heavy atom. The third kappa shape index (κ3) is 3.01. The van der Waals surface area contributed by atoms with Gasteiger partial charge in [-0.1, -0.05) is 34.1 Å². The highest BCUT2D eigenvalue weighted by Crippen LogP contribution is 2.27. The molecule has 0 aliphatic rings. The molecule has 0 spiro atoms. The van der Waals surface area contributed by atoms with E-state index < -0.39 is 0 Å². The van der Waals surface area contributed by atoms with E-state index in [0.717, 1.165) is 26.3 Å². The molecule has 1 heterocycles. The summed E-state index contributed by atoms with van der Waals surface area (Å²) in [7, 11) is 0. The molecule has 0 saturated carbocycles. The second-order valence-corrected chi connectivity index (χ2v) is 6.22. The van der Waals surface area contributed by atoms with E-state index in [1.807, 2.05) is 18.2 Å². The summed E-state index contributed by atoms with van der Waals surface area (Å²) in [5.41, 5.74) is 2.10. The smallest absolute Gasteiger partial charge is 0.124 e. The van der Waals surface area contributed by atoms with Crippen LogP contribution in [0.4, 0.5) is 4.39 Å². The molecular formula is C15H11BrFNS. The Morgan fingerprint density at radius 2 is 1.95 bits per heavy atom. The van der Waals surface area contributed by atoms with Crippen LogP contribution in [0.2, 0.25) is 0 Å². The monoisotopic (exact) mass is 335 g/mol. The number of para-hydroxylation sites is 1. The minimum Gasteiger partial charge on any atom is -0.350 e. The molecule has 3 rings (SSSR count). The molecular weight excluding hydrogens is 325 g/mol. The summed E-state index contributed by atoms with van der Waals surface area (Å²) in [5.74, 6) is 0.532. The largest absolute Gasteiger partial charge is 0.350 e. The summed E-state index contributed by atoms with van der Waals surface area (Å²) in [6, 6.07) is 15.3. The number of halogens is 2. The van der Waals surface area contributed by atoms with Crippen molar-refractivity contribution in [2.24, 2.45) is 0 Å². The average Bonchev–Trinajstić information content (AvgIpc) is 2.78. The van der Waals surface area contributed by atoms with Crippen LogP contribution in [0, 0.1) is 5.82 Å². The van der Waals surface area contributed by atoms with Gasteiger partial charge in [-0.2, -0.15) is 0 Å². The van der Waals surface area contributed by atoms with Crippen molar-refractivity contribution in [2.75, 3.05) is 0 Å². The first-order valence-corrected chi connectivity index (χ1v) is 7.64. The molecule has 0 bridgehead atoms. The number of aromatic nitrogens is 1. The zero-order valence-electron chi connectivity index (χ0n) is 9.99. The molecule has 0 unspecified atom stereocenters.